The second kappa shape index (κ2) is 8.62. The molecule has 8 heteroatoms. The summed E-state index contributed by atoms with van der Waals surface area (Å²) >= 11 is 7.19. The summed E-state index contributed by atoms with van der Waals surface area (Å²) in [5.74, 6) is -0.0120. The highest BCUT2D eigenvalue weighted by Crippen LogP contribution is 2.29. The van der Waals surface area contributed by atoms with E-state index in [9.17, 15) is 14.0 Å². The second-order valence-corrected chi connectivity index (χ2v) is 6.53. The summed E-state index contributed by atoms with van der Waals surface area (Å²) in [6.45, 7) is -2.94. The van der Waals surface area contributed by atoms with Crippen molar-refractivity contribution in [1.82, 2.24) is 4.98 Å². The molecule has 0 saturated heterocycles. The highest BCUT2D eigenvalue weighted by atomic mass is 35.5. The number of aromatic nitrogens is 1. The number of nitriles is 1. The number of ether oxygens (including phenoxy) is 1. The van der Waals surface area contributed by atoms with Gasteiger partial charge in [0.25, 0.3) is 0 Å². The monoisotopic (exact) mass is 403 g/mol. The molecule has 0 bridgehead atoms. The van der Waals surface area contributed by atoms with Crippen LogP contribution in [-0.2, 0) is 0 Å². The number of anilines is 1. The molecule has 1 N–H and O–H groups in total. The Morgan fingerprint density at radius 3 is 2.67 bits per heavy atom. The molecule has 0 saturated carbocycles. The SMILES string of the molecule is N#CC(=CNc1ccccc1OC(F)F)c1nc(-c2ccc(Cl)cc2)cs1. The van der Waals surface area contributed by atoms with Crippen LogP contribution in [0.25, 0.3) is 16.8 Å². The molecule has 0 fully saturated rings. The molecule has 0 radical (unpaired) electrons. The Balaban J connectivity index is 1.82. The lowest BCUT2D eigenvalue weighted by Crippen LogP contribution is -2.04. The molecule has 3 aromatic rings. The lowest BCUT2D eigenvalue weighted by Gasteiger charge is -2.10. The molecule has 1 heterocycles. The Labute approximate surface area is 163 Å². The van der Waals surface area contributed by atoms with Gasteiger partial charge in [0.2, 0.25) is 0 Å². The van der Waals surface area contributed by atoms with Crippen LogP contribution in [0.1, 0.15) is 5.01 Å². The summed E-state index contributed by atoms with van der Waals surface area (Å²) < 4.78 is 29.4. The van der Waals surface area contributed by atoms with Crippen molar-refractivity contribution in [2.75, 3.05) is 5.32 Å². The van der Waals surface area contributed by atoms with Crippen LogP contribution in [0.2, 0.25) is 5.02 Å². The molecule has 136 valence electrons. The average Bonchev–Trinajstić information content (AvgIpc) is 3.13. The van der Waals surface area contributed by atoms with Crippen LogP contribution < -0.4 is 10.1 Å². The number of thiazole rings is 1. The van der Waals surface area contributed by atoms with Crippen LogP contribution in [0, 0.1) is 11.3 Å². The quantitative estimate of drug-likeness (QED) is 0.509. The van der Waals surface area contributed by atoms with Crippen molar-refractivity contribution >= 4 is 34.2 Å². The molecule has 0 aliphatic heterocycles. The molecular weight excluding hydrogens is 392 g/mol. The molecule has 27 heavy (non-hydrogen) atoms. The van der Waals surface area contributed by atoms with Crippen molar-refractivity contribution in [3.63, 3.8) is 0 Å². The zero-order valence-electron chi connectivity index (χ0n) is 13.7. The van der Waals surface area contributed by atoms with E-state index in [-0.39, 0.29) is 11.3 Å². The highest BCUT2D eigenvalue weighted by Gasteiger charge is 2.11. The topological polar surface area (TPSA) is 57.9 Å². The van der Waals surface area contributed by atoms with Crippen LogP contribution in [0.4, 0.5) is 14.5 Å². The first-order valence-electron chi connectivity index (χ1n) is 7.69. The number of allylic oxidation sites excluding steroid dienone is 1. The van der Waals surface area contributed by atoms with Gasteiger partial charge in [0, 0.05) is 22.2 Å². The van der Waals surface area contributed by atoms with E-state index < -0.39 is 6.61 Å². The molecule has 3 rings (SSSR count). The minimum absolute atomic E-state index is 0.0120. The van der Waals surface area contributed by atoms with Crippen molar-refractivity contribution < 1.29 is 13.5 Å². The molecule has 2 aromatic carbocycles. The molecule has 4 nitrogen and oxygen atoms in total. The van der Waals surface area contributed by atoms with E-state index in [0.717, 1.165) is 5.56 Å². The van der Waals surface area contributed by atoms with Gasteiger partial charge in [-0.05, 0) is 24.3 Å². The summed E-state index contributed by atoms with van der Waals surface area (Å²) in [7, 11) is 0. The zero-order valence-corrected chi connectivity index (χ0v) is 15.3. The average molecular weight is 404 g/mol. The third-order valence-electron chi connectivity index (χ3n) is 3.47. The van der Waals surface area contributed by atoms with Crippen molar-refractivity contribution in [1.29, 1.82) is 5.26 Å². The predicted octanol–water partition coefficient (Wildman–Crippen LogP) is 6.04. The molecule has 1 aromatic heterocycles. The van der Waals surface area contributed by atoms with Crippen LogP contribution in [0.3, 0.4) is 0 Å². The molecule has 0 unspecified atom stereocenters. The molecule has 0 aliphatic carbocycles. The lowest BCUT2D eigenvalue weighted by molar-refractivity contribution is -0.0493. The third-order valence-corrected chi connectivity index (χ3v) is 4.60. The summed E-state index contributed by atoms with van der Waals surface area (Å²) in [4.78, 5) is 4.46. The van der Waals surface area contributed by atoms with Crippen LogP contribution in [-0.4, -0.2) is 11.6 Å². The number of nitrogens with one attached hydrogen (secondary N) is 1. The van der Waals surface area contributed by atoms with Gasteiger partial charge in [-0.25, -0.2) is 4.98 Å². The van der Waals surface area contributed by atoms with Gasteiger partial charge < -0.3 is 10.1 Å². The Morgan fingerprint density at radius 1 is 1.22 bits per heavy atom. The maximum atomic E-state index is 12.5. The summed E-state index contributed by atoms with van der Waals surface area (Å²) in [5.41, 5.74) is 2.18. The van der Waals surface area contributed by atoms with Crippen LogP contribution in [0.5, 0.6) is 5.75 Å². The van der Waals surface area contributed by atoms with E-state index in [1.807, 2.05) is 17.5 Å². The van der Waals surface area contributed by atoms with E-state index in [1.165, 1.54) is 23.6 Å². The van der Waals surface area contributed by atoms with E-state index in [2.05, 4.69) is 21.1 Å². The van der Waals surface area contributed by atoms with Crippen molar-refractivity contribution in [3.05, 3.63) is 70.1 Å². The van der Waals surface area contributed by atoms with E-state index in [1.54, 1.807) is 30.3 Å². The highest BCUT2D eigenvalue weighted by molar-refractivity contribution is 7.11. The number of halogens is 3. The molecular formula is C19H12ClF2N3OS. The number of nitrogens with zero attached hydrogens (tertiary/aromatic N) is 2. The minimum Gasteiger partial charge on any atom is -0.433 e. The van der Waals surface area contributed by atoms with Gasteiger partial charge >= 0.3 is 6.61 Å². The molecule has 0 aliphatic rings. The number of alkyl halides is 2. The predicted molar refractivity (Wildman–Crippen MR) is 103 cm³/mol. The zero-order chi connectivity index (χ0) is 19.2. The number of hydrogen-bond acceptors (Lipinski definition) is 5. The second-order valence-electron chi connectivity index (χ2n) is 5.23. The van der Waals surface area contributed by atoms with Crippen molar-refractivity contribution in [3.8, 4) is 23.1 Å². The Bertz CT molecular complexity index is 997. The van der Waals surface area contributed by atoms with Crippen LogP contribution in [0.15, 0.2) is 60.1 Å². The Hall–Kier alpha value is -2.95. The fourth-order valence-electron chi connectivity index (χ4n) is 2.23. The fraction of sp³-hybridized carbons (Fsp3) is 0.0526. The van der Waals surface area contributed by atoms with Gasteiger partial charge in [-0.2, -0.15) is 14.0 Å². The summed E-state index contributed by atoms with van der Waals surface area (Å²) in [5, 5.41) is 15.2. The third kappa shape index (κ3) is 4.82. The van der Waals surface area contributed by atoms with Crippen molar-refractivity contribution in [2.24, 2.45) is 0 Å². The fourth-order valence-corrected chi connectivity index (χ4v) is 3.15. The van der Waals surface area contributed by atoms with E-state index >= 15 is 0 Å². The lowest BCUT2D eigenvalue weighted by atomic mass is 10.2. The van der Waals surface area contributed by atoms with E-state index in [4.69, 9.17) is 11.6 Å². The summed E-state index contributed by atoms with van der Waals surface area (Å²) in [6.07, 6.45) is 1.41. The first-order chi connectivity index (χ1) is 13.1. The van der Waals surface area contributed by atoms with Gasteiger partial charge in [-0.15, -0.1) is 11.3 Å². The standard InChI is InChI=1S/C19H12ClF2N3OS/c20-14-7-5-12(6-8-14)16-11-27-18(25-16)13(9-23)10-24-15-3-1-2-4-17(15)26-19(21)22/h1-8,10-11,19,24H. The van der Waals surface area contributed by atoms with Gasteiger partial charge in [0.05, 0.1) is 11.4 Å². The first kappa shape index (κ1) is 18.8. The maximum absolute atomic E-state index is 12.5. The van der Waals surface area contributed by atoms with Gasteiger partial charge in [0.1, 0.15) is 22.4 Å². The van der Waals surface area contributed by atoms with Gasteiger partial charge in [-0.1, -0.05) is 35.9 Å². The van der Waals surface area contributed by atoms with Crippen molar-refractivity contribution in [2.45, 2.75) is 6.61 Å². The maximum Gasteiger partial charge on any atom is 0.387 e. The van der Waals surface area contributed by atoms with E-state index in [0.29, 0.717) is 21.4 Å². The largest absolute Gasteiger partial charge is 0.433 e. The number of benzene rings is 2. The molecule has 0 atom stereocenters. The Morgan fingerprint density at radius 2 is 1.96 bits per heavy atom. The minimum atomic E-state index is -2.94. The number of hydrogen-bond donors (Lipinski definition) is 1. The molecule has 0 spiro atoms. The number of rotatable bonds is 6. The van der Waals surface area contributed by atoms with Crippen LogP contribution >= 0.6 is 22.9 Å². The smallest absolute Gasteiger partial charge is 0.387 e. The van der Waals surface area contributed by atoms with Gasteiger partial charge in [-0.3, -0.25) is 0 Å². The number of para-hydroxylation sites is 2. The van der Waals surface area contributed by atoms with Gasteiger partial charge in [0.15, 0.2) is 0 Å². The Kier molecular flexibility index (Phi) is 6.01. The summed E-state index contributed by atoms with van der Waals surface area (Å²) in [6, 6.07) is 15.5. The normalized spacial score (nSPS) is 11.3. The first-order valence-corrected chi connectivity index (χ1v) is 8.95. The molecule has 0 amide bonds.